The van der Waals surface area contributed by atoms with E-state index in [0.29, 0.717) is 5.56 Å². The van der Waals surface area contributed by atoms with Crippen LogP contribution in [0.2, 0.25) is 0 Å². The molecule has 1 aromatic rings. The number of hydrogen-bond acceptors (Lipinski definition) is 3. The number of aryl methyl sites for hydroxylation is 1. The van der Waals surface area contributed by atoms with Gasteiger partial charge in [0.2, 0.25) is 11.6 Å². The van der Waals surface area contributed by atoms with Crippen molar-refractivity contribution in [2.45, 2.75) is 51.6 Å². The van der Waals surface area contributed by atoms with Crippen molar-refractivity contribution in [3.63, 3.8) is 0 Å². The van der Waals surface area contributed by atoms with Crippen LogP contribution in [0.25, 0.3) is 5.76 Å². The van der Waals surface area contributed by atoms with E-state index in [1.807, 2.05) is 13.0 Å². The summed E-state index contributed by atoms with van der Waals surface area (Å²) in [6.45, 7) is 2.01. The van der Waals surface area contributed by atoms with E-state index in [4.69, 9.17) is 4.74 Å². The van der Waals surface area contributed by atoms with Crippen molar-refractivity contribution >= 4 is 17.3 Å². The predicted octanol–water partition coefficient (Wildman–Crippen LogP) is 3.24. The monoisotopic (exact) mass is 282 g/mol. The first-order chi connectivity index (χ1) is 10.1. The van der Waals surface area contributed by atoms with E-state index in [9.17, 15) is 9.59 Å². The molecule has 3 nitrogen and oxygen atoms in total. The van der Waals surface area contributed by atoms with Gasteiger partial charge in [0, 0.05) is 24.0 Å². The fraction of sp³-hybridized carbons (Fsp3) is 0.444. The summed E-state index contributed by atoms with van der Waals surface area (Å²) in [6.07, 6.45) is 5.24. The maximum absolute atomic E-state index is 12.6. The van der Waals surface area contributed by atoms with Gasteiger partial charge in [-0.1, -0.05) is 12.1 Å². The Bertz CT molecular complexity index is 697. The van der Waals surface area contributed by atoms with Crippen molar-refractivity contribution in [3.05, 3.63) is 40.0 Å². The first-order valence-electron chi connectivity index (χ1n) is 7.76. The van der Waals surface area contributed by atoms with E-state index in [1.165, 1.54) is 5.56 Å². The van der Waals surface area contributed by atoms with E-state index in [-0.39, 0.29) is 24.1 Å². The maximum atomic E-state index is 12.6. The number of rotatable bonds is 0. The highest BCUT2D eigenvalue weighted by molar-refractivity contribution is 6.45. The standard InChI is InChI=1S/C18H18O3/c1-10-8-12-9-15(19)17(20)16-13-5-3-2-4-11(13)6-7-14(16)18(12)21-10/h6-7,10H,2-5,8-9H2,1H3. The third-order valence-corrected chi connectivity index (χ3v) is 4.81. The molecular formula is C18H18O3. The van der Waals surface area contributed by atoms with E-state index in [1.54, 1.807) is 0 Å². The summed E-state index contributed by atoms with van der Waals surface area (Å²) in [5.41, 5.74) is 4.81. The van der Waals surface area contributed by atoms with Gasteiger partial charge in [-0.15, -0.1) is 0 Å². The molecule has 0 N–H and O–H groups in total. The third kappa shape index (κ3) is 1.87. The molecule has 1 atom stereocenters. The Hall–Kier alpha value is -1.90. The van der Waals surface area contributed by atoms with Crippen LogP contribution in [0.1, 0.15) is 59.7 Å². The van der Waals surface area contributed by atoms with Crippen molar-refractivity contribution in [3.8, 4) is 0 Å². The van der Waals surface area contributed by atoms with Gasteiger partial charge >= 0.3 is 0 Å². The first-order valence-corrected chi connectivity index (χ1v) is 7.76. The van der Waals surface area contributed by atoms with Crippen LogP contribution in [0, 0.1) is 0 Å². The Morgan fingerprint density at radius 3 is 2.81 bits per heavy atom. The number of Topliss-reactive ketones (excluding diaryl/α,β-unsaturated/α-hetero) is 2. The molecule has 0 amide bonds. The molecular weight excluding hydrogens is 264 g/mol. The summed E-state index contributed by atoms with van der Waals surface area (Å²) < 4.78 is 5.93. The Balaban J connectivity index is 1.97. The Kier molecular flexibility index (Phi) is 2.78. The lowest BCUT2D eigenvalue weighted by molar-refractivity contribution is -0.114. The fourth-order valence-corrected chi connectivity index (χ4v) is 3.86. The average molecular weight is 282 g/mol. The summed E-state index contributed by atoms with van der Waals surface area (Å²) in [7, 11) is 0. The second kappa shape index (κ2) is 4.55. The highest BCUT2D eigenvalue weighted by atomic mass is 16.5. The minimum atomic E-state index is -0.311. The van der Waals surface area contributed by atoms with E-state index >= 15 is 0 Å². The van der Waals surface area contributed by atoms with E-state index in [0.717, 1.165) is 54.6 Å². The van der Waals surface area contributed by atoms with Gasteiger partial charge in [0.15, 0.2) is 0 Å². The van der Waals surface area contributed by atoms with Crippen molar-refractivity contribution in [1.29, 1.82) is 0 Å². The predicted molar refractivity (Wildman–Crippen MR) is 79.1 cm³/mol. The van der Waals surface area contributed by atoms with Crippen LogP contribution in [0.5, 0.6) is 0 Å². The number of ketones is 2. The molecule has 0 saturated heterocycles. The lowest BCUT2D eigenvalue weighted by atomic mass is 9.84. The highest BCUT2D eigenvalue weighted by Crippen LogP contribution is 2.41. The zero-order chi connectivity index (χ0) is 14.6. The fourth-order valence-electron chi connectivity index (χ4n) is 3.86. The van der Waals surface area contributed by atoms with Crippen molar-refractivity contribution in [2.75, 3.05) is 0 Å². The molecule has 4 rings (SSSR count). The average Bonchev–Trinajstić information content (AvgIpc) is 2.81. The lowest BCUT2D eigenvalue weighted by Crippen LogP contribution is -2.19. The van der Waals surface area contributed by atoms with Crippen LogP contribution in [0.15, 0.2) is 17.7 Å². The van der Waals surface area contributed by atoms with Crippen LogP contribution in [0.3, 0.4) is 0 Å². The molecule has 1 heterocycles. The topological polar surface area (TPSA) is 43.4 Å². The van der Waals surface area contributed by atoms with Gasteiger partial charge < -0.3 is 4.74 Å². The molecule has 3 heteroatoms. The first kappa shape index (κ1) is 12.8. The summed E-state index contributed by atoms with van der Waals surface area (Å²) in [5.74, 6) is 0.206. The van der Waals surface area contributed by atoms with Gasteiger partial charge in [0.25, 0.3) is 0 Å². The molecule has 108 valence electrons. The summed E-state index contributed by atoms with van der Waals surface area (Å²) in [6, 6.07) is 4.11. The van der Waals surface area contributed by atoms with Gasteiger partial charge in [-0.25, -0.2) is 0 Å². The SMILES string of the molecule is CC1CC2=C(O1)c1ccc3c(c1C(=O)C(=O)C2)CCCC3. The highest BCUT2D eigenvalue weighted by Gasteiger charge is 2.36. The van der Waals surface area contributed by atoms with Gasteiger partial charge in [0.05, 0.1) is 6.10 Å². The summed E-state index contributed by atoms with van der Waals surface area (Å²) in [5, 5.41) is 0. The normalized spacial score (nSPS) is 24.1. The Morgan fingerprint density at radius 1 is 1.14 bits per heavy atom. The smallest absolute Gasteiger partial charge is 0.229 e. The van der Waals surface area contributed by atoms with Crippen molar-refractivity contribution in [2.24, 2.45) is 0 Å². The molecule has 0 aromatic heterocycles. The number of carbonyl (C=O) groups excluding carboxylic acids is 2. The van der Waals surface area contributed by atoms with Crippen LogP contribution >= 0.6 is 0 Å². The molecule has 1 aromatic carbocycles. The number of carbonyl (C=O) groups is 2. The van der Waals surface area contributed by atoms with Crippen LogP contribution in [0.4, 0.5) is 0 Å². The van der Waals surface area contributed by atoms with Gasteiger partial charge in [-0.3, -0.25) is 9.59 Å². The van der Waals surface area contributed by atoms with Crippen molar-refractivity contribution in [1.82, 2.24) is 0 Å². The minimum absolute atomic E-state index is 0.0971. The van der Waals surface area contributed by atoms with Gasteiger partial charge in [-0.2, -0.15) is 0 Å². The molecule has 1 unspecified atom stereocenters. The summed E-state index contributed by atoms with van der Waals surface area (Å²) in [4.78, 5) is 24.9. The third-order valence-electron chi connectivity index (χ3n) is 4.81. The zero-order valence-electron chi connectivity index (χ0n) is 12.2. The number of hydrogen-bond donors (Lipinski definition) is 0. The Labute approximate surface area is 124 Å². The molecule has 2 aliphatic carbocycles. The largest absolute Gasteiger partial charge is 0.490 e. The molecule has 0 bridgehead atoms. The maximum Gasteiger partial charge on any atom is 0.229 e. The van der Waals surface area contributed by atoms with Crippen LogP contribution in [-0.2, 0) is 22.4 Å². The lowest BCUT2D eigenvalue weighted by Gasteiger charge is -2.21. The van der Waals surface area contributed by atoms with Crippen LogP contribution in [-0.4, -0.2) is 17.7 Å². The quantitative estimate of drug-likeness (QED) is 0.686. The molecule has 0 radical (unpaired) electrons. The molecule has 0 fully saturated rings. The molecule has 0 spiro atoms. The molecule has 1 aliphatic heterocycles. The number of ether oxygens (including phenoxy) is 1. The minimum Gasteiger partial charge on any atom is -0.490 e. The van der Waals surface area contributed by atoms with Crippen molar-refractivity contribution < 1.29 is 14.3 Å². The summed E-state index contributed by atoms with van der Waals surface area (Å²) >= 11 is 0. The van der Waals surface area contributed by atoms with Crippen LogP contribution < -0.4 is 0 Å². The van der Waals surface area contributed by atoms with Gasteiger partial charge in [0.1, 0.15) is 5.76 Å². The van der Waals surface area contributed by atoms with E-state index in [2.05, 4.69) is 6.07 Å². The zero-order valence-corrected chi connectivity index (χ0v) is 12.2. The second-order valence-corrected chi connectivity index (χ2v) is 6.33. The number of benzene rings is 1. The molecule has 21 heavy (non-hydrogen) atoms. The second-order valence-electron chi connectivity index (χ2n) is 6.33. The molecule has 3 aliphatic rings. The number of fused-ring (bicyclic) bond motifs is 4. The van der Waals surface area contributed by atoms with E-state index < -0.39 is 0 Å². The van der Waals surface area contributed by atoms with Gasteiger partial charge in [-0.05, 0) is 49.3 Å². The molecule has 0 saturated carbocycles. The Morgan fingerprint density at radius 2 is 1.95 bits per heavy atom.